The fourth-order valence-electron chi connectivity index (χ4n) is 3.04. The molecule has 0 aliphatic heterocycles. The first-order valence-corrected chi connectivity index (χ1v) is 7.05. The minimum atomic E-state index is -0.184. The lowest BCUT2D eigenvalue weighted by Gasteiger charge is -2.34. The van der Waals surface area contributed by atoms with Gasteiger partial charge in [-0.25, -0.2) is 4.98 Å². The first kappa shape index (κ1) is 12.6. The average molecular weight is 259 g/mol. The maximum Gasteiger partial charge on any atom is 0.137 e. The van der Waals surface area contributed by atoms with Gasteiger partial charge in [-0.3, -0.25) is 4.90 Å². The fourth-order valence-corrected chi connectivity index (χ4v) is 3.04. The molecule has 1 fully saturated rings. The van der Waals surface area contributed by atoms with E-state index in [1.807, 2.05) is 28.8 Å². The molecule has 1 N–H and O–H groups in total. The van der Waals surface area contributed by atoms with Crippen molar-refractivity contribution < 1.29 is 5.11 Å². The molecule has 4 heteroatoms. The molecule has 1 aliphatic carbocycles. The average Bonchev–Trinajstić information content (AvgIpc) is 2.81. The van der Waals surface area contributed by atoms with Gasteiger partial charge in [0, 0.05) is 25.0 Å². The molecule has 4 nitrogen and oxygen atoms in total. The summed E-state index contributed by atoms with van der Waals surface area (Å²) in [6.07, 6.45) is 8.29. The highest BCUT2D eigenvalue weighted by atomic mass is 16.3. The highest BCUT2D eigenvalue weighted by Gasteiger charge is 2.26. The summed E-state index contributed by atoms with van der Waals surface area (Å²) in [7, 11) is 2.09. The molecular weight excluding hydrogens is 238 g/mol. The summed E-state index contributed by atoms with van der Waals surface area (Å²) in [4.78, 5) is 6.85. The van der Waals surface area contributed by atoms with Crippen LogP contribution >= 0.6 is 0 Å². The van der Waals surface area contributed by atoms with Crippen LogP contribution in [0, 0.1) is 0 Å². The van der Waals surface area contributed by atoms with E-state index < -0.39 is 0 Å². The first-order chi connectivity index (χ1) is 9.24. The van der Waals surface area contributed by atoms with Crippen molar-refractivity contribution in [3.8, 4) is 0 Å². The number of fused-ring (bicyclic) bond motifs is 1. The van der Waals surface area contributed by atoms with Crippen molar-refractivity contribution >= 4 is 5.65 Å². The van der Waals surface area contributed by atoms with Crippen molar-refractivity contribution in [2.24, 2.45) is 0 Å². The van der Waals surface area contributed by atoms with Crippen LogP contribution in [0.25, 0.3) is 5.65 Å². The largest absolute Gasteiger partial charge is 0.391 e. The van der Waals surface area contributed by atoms with Crippen molar-refractivity contribution in [1.82, 2.24) is 14.3 Å². The van der Waals surface area contributed by atoms with E-state index in [-0.39, 0.29) is 12.1 Å². The van der Waals surface area contributed by atoms with Crippen LogP contribution in [-0.4, -0.2) is 38.6 Å². The Bertz CT molecular complexity index is 518. The van der Waals surface area contributed by atoms with Gasteiger partial charge in [-0.15, -0.1) is 0 Å². The molecular formula is C15H21N3O. The van der Waals surface area contributed by atoms with Crippen LogP contribution in [0.2, 0.25) is 0 Å². The lowest BCUT2D eigenvalue weighted by molar-refractivity contribution is 0.0284. The Balaban J connectivity index is 1.73. The standard InChI is InChI=1S/C15H21N3O/c1-17(13-6-2-3-7-14(13)19)10-12-11-18-9-5-4-8-15(18)16-12/h4-5,8-9,11,13-14,19H,2-3,6-7,10H2,1H3. The van der Waals surface area contributed by atoms with Gasteiger partial charge in [-0.05, 0) is 32.0 Å². The predicted molar refractivity (Wildman–Crippen MR) is 74.9 cm³/mol. The molecule has 0 aromatic carbocycles. The maximum absolute atomic E-state index is 10.1. The number of aliphatic hydroxyl groups excluding tert-OH is 1. The number of aliphatic hydroxyl groups is 1. The molecule has 1 aliphatic rings. The van der Waals surface area contributed by atoms with Gasteiger partial charge in [0.1, 0.15) is 5.65 Å². The van der Waals surface area contributed by atoms with Crippen LogP contribution in [0.1, 0.15) is 31.4 Å². The van der Waals surface area contributed by atoms with E-state index in [2.05, 4.69) is 23.1 Å². The first-order valence-electron chi connectivity index (χ1n) is 7.05. The van der Waals surface area contributed by atoms with Crippen LogP contribution in [-0.2, 0) is 6.54 Å². The molecule has 102 valence electrons. The number of hydrogen-bond donors (Lipinski definition) is 1. The lowest BCUT2D eigenvalue weighted by atomic mass is 9.91. The molecule has 2 atom stereocenters. The molecule has 2 unspecified atom stereocenters. The van der Waals surface area contributed by atoms with Crippen LogP contribution < -0.4 is 0 Å². The molecule has 0 spiro atoms. The topological polar surface area (TPSA) is 40.8 Å². The molecule has 1 saturated carbocycles. The normalized spacial score (nSPS) is 24.2. The van der Waals surface area contributed by atoms with Gasteiger partial charge in [-0.2, -0.15) is 0 Å². The van der Waals surface area contributed by atoms with Crippen LogP contribution in [0.4, 0.5) is 0 Å². The summed E-state index contributed by atoms with van der Waals surface area (Å²) in [5.41, 5.74) is 2.04. The third-order valence-electron chi connectivity index (χ3n) is 4.09. The number of likely N-dealkylation sites (N-methyl/N-ethyl adjacent to an activating group) is 1. The van der Waals surface area contributed by atoms with E-state index in [1.165, 1.54) is 6.42 Å². The number of rotatable bonds is 3. The Morgan fingerprint density at radius 3 is 3.00 bits per heavy atom. The van der Waals surface area contributed by atoms with Gasteiger partial charge >= 0.3 is 0 Å². The quantitative estimate of drug-likeness (QED) is 0.917. The second-order valence-corrected chi connectivity index (χ2v) is 5.53. The highest BCUT2D eigenvalue weighted by molar-refractivity contribution is 5.39. The van der Waals surface area contributed by atoms with Crippen molar-refractivity contribution in [2.45, 2.75) is 44.4 Å². The Hall–Kier alpha value is -1.39. The molecule has 0 amide bonds. The Labute approximate surface area is 113 Å². The van der Waals surface area contributed by atoms with Crippen molar-refractivity contribution in [1.29, 1.82) is 0 Å². The highest BCUT2D eigenvalue weighted by Crippen LogP contribution is 2.23. The Morgan fingerprint density at radius 1 is 1.37 bits per heavy atom. The maximum atomic E-state index is 10.1. The predicted octanol–water partition coefficient (Wildman–Crippen LogP) is 2.07. The van der Waals surface area contributed by atoms with Crippen LogP contribution in [0.5, 0.6) is 0 Å². The van der Waals surface area contributed by atoms with Gasteiger partial charge in [0.25, 0.3) is 0 Å². The SMILES string of the molecule is CN(Cc1cn2ccccc2n1)C1CCCCC1O. The third-order valence-corrected chi connectivity index (χ3v) is 4.09. The zero-order chi connectivity index (χ0) is 13.2. The van der Waals surface area contributed by atoms with Crippen molar-refractivity contribution in [3.05, 3.63) is 36.3 Å². The Kier molecular flexibility index (Phi) is 3.53. The summed E-state index contributed by atoms with van der Waals surface area (Å²) >= 11 is 0. The van der Waals surface area contributed by atoms with Gasteiger partial charge < -0.3 is 9.51 Å². The molecule has 2 heterocycles. The van der Waals surface area contributed by atoms with E-state index in [0.29, 0.717) is 0 Å². The number of nitrogens with zero attached hydrogens (tertiary/aromatic N) is 3. The lowest BCUT2D eigenvalue weighted by Crippen LogP contribution is -2.42. The Morgan fingerprint density at radius 2 is 2.21 bits per heavy atom. The molecule has 0 radical (unpaired) electrons. The molecule has 3 rings (SSSR count). The molecule has 2 aromatic heterocycles. The number of hydrogen-bond acceptors (Lipinski definition) is 3. The summed E-state index contributed by atoms with van der Waals surface area (Å²) < 4.78 is 2.04. The molecule has 2 aromatic rings. The fraction of sp³-hybridized carbons (Fsp3) is 0.533. The van der Waals surface area contributed by atoms with Gasteiger partial charge in [0.05, 0.1) is 11.8 Å². The second-order valence-electron chi connectivity index (χ2n) is 5.53. The molecule has 19 heavy (non-hydrogen) atoms. The van der Waals surface area contributed by atoms with Gasteiger partial charge in [0.2, 0.25) is 0 Å². The van der Waals surface area contributed by atoms with E-state index in [4.69, 9.17) is 0 Å². The van der Waals surface area contributed by atoms with Crippen molar-refractivity contribution in [2.75, 3.05) is 7.05 Å². The van der Waals surface area contributed by atoms with E-state index in [9.17, 15) is 5.11 Å². The second kappa shape index (κ2) is 5.31. The molecule has 0 bridgehead atoms. The van der Waals surface area contributed by atoms with Gasteiger partial charge in [-0.1, -0.05) is 18.9 Å². The number of imidazole rings is 1. The van der Waals surface area contributed by atoms with Crippen molar-refractivity contribution in [3.63, 3.8) is 0 Å². The number of aromatic nitrogens is 2. The number of pyridine rings is 1. The zero-order valence-corrected chi connectivity index (χ0v) is 11.4. The zero-order valence-electron chi connectivity index (χ0n) is 11.4. The van der Waals surface area contributed by atoms with E-state index in [1.54, 1.807) is 0 Å². The monoisotopic (exact) mass is 259 g/mol. The van der Waals surface area contributed by atoms with E-state index >= 15 is 0 Å². The molecule has 0 saturated heterocycles. The summed E-state index contributed by atoms with van der Waals surface area (Å²) in [6, 6.07) is 6.30. The van der Waals surface area contributed by atoms with Crippen LogP contribution in [0.15, 0.2) is 30.6 Å². The van der Waals surface area contributed by atoms with E-state index in [0.717, 1.165) is 37.1 Å². The summed E-state index contributed by atoms with van der Waals surface area (Å²) in [5, 5.41) is 10.1. The minimum Gasteiger partial charge on any atom is -0.391 e. The summed E-state index contributed by atoms with van der Waals surface area (Å²) in [6.45, 7) is 0.795. The minimum absolute atomic E-state index is 0.184. The van der Waals surface area contributed by atoms with Crippen LogP contribution in [0.3, 0.4) is 0 Å². The third kappa shape index (κ3) is 2.65. The summed E-state index contributed by atoms with van der Waals surface area (Å²) in [5.74, 6) is 0. The van der Waals surface area contributed by atoms with Gasteiger partial charge in [0.15, 0.2) is 0 Å². The smallest absolute Gasteiger partial charge is 0.137 e.